The van der Waals surface area contributed by atoms with E-state index in [4.69, 9.17) is 0 Å². The standard InChI is InChI=1S/C16H23N3O2S/c1-11-6-13(22-9-11)14(20)19-5-4-16(10-19)7-12(8-16)17-15(21)18(2)3/h6,9,12H,4-5,7-8,10H2,1-3H3,(H,17,21). The minimum Gasteiger partial charge on any atom is -0.337 e. The molecule has 1 aromatic rings. The highest BCUT2D eigenvalue weighted by Crippen LogP contribution is 2.48. The lowest BCUT2D eigenvalue weighted by atomic mass is 9.65. The molecule has 6 heteroatoms. The van der Waals surface area contributed by atoms with E-state index in [0.29, 0.717) is 0 Å². The van der Waals surface area contributed by atoms with Gasteiger partial charge in [0, 0.05) is 33.2 Å². The van der Waals surface area contributed by atoms with Crippen molar-refractivity contribution in [2.75, 3.05) is 27.2 Å². The summed E-state index contributed by atoms with van der Waals surface area (Å²) in [5, 5.41) is 5.05. The average Bonchev–Trinajstić information content (AvgIpc) is 3.04. The van der Waals surface area contributed by atoms with Crippen molar-refractivity contribution in [2.45, 2.75) is 32.2 Å². The number of amides is 3. The molecule has 0 radical (unpaired) electrons. The summed E-state index contributed by atoms with van der Waals surface area (Å²) >= 11 is 1.53. The Morgan fingerprint density at radius 3 is 2.73 bits per heavy atom. The van der Waals surface area contributed by atoms with Crippen molar-refractivity contribution in [1.29, 1.82) is 0 Å². The van der Waals surface area contributed by atoms with Crippen LogP contribution in [0.5, 0.6) is 0 Å². The zero-order valence-electron chi connectivity index (χ0n) is 13.4. The fourth-order valence-corrected chi connectivity index (χ4v) is 4.40. The predicted octanol–water partition coefficient (Wildman–Crippen LogP) is 2.32. The molecular formula is C16H23N3O2S. The topological polar surface area (TPSA) is 52.7 Å². The maximum absolute atomic E-state index is 12.5. The minimum absolute atomic E-state index is 0.0279. The lowest BCUT2D eigenvalue weighted by Gasteiger charge is -2.45. The van der Waals surface area contributed by atoms with Crippen LogP contribution in [0.3, 0.4) is 0 Å². The summed E-state index contributed by atoms with van der Waals surface area (Å²) in [6, 6.07) is 2.20. The van der Waals surface area contributed by atoms with Gasteiger partial charge < -0.3 is 15.1 Å². The van der Waals surface area contributed by atoms with Crippen LogP contribution in [-0.2, 0) is 0 Å². The number of thiophene rings is 1. The fourth-order valence-electron chi connectivity index (χ4n) is 3.53. The molecule has 1 saturated carbocycles. The highest BCUT2D eigenvalue weighted by molar-refractivity contribution is 7.12. The predicted molar refractivity (Wildman–Crippen MR) is 87.3 cm³/mol. The lowest BCUT2D eigenvalue weighted by Crippen LogP contribution is -2.54. The molecule has 0 atom stereocenters. The largest absolute Gasteiger partial charge is 0.337 e. The van der Waals surface area contributed by atoms with E-state index in [1.807, 2.05) is 23.3 Å². The van der Waals surface area contributed by atoms with E-state index in [1.165, 1.54) is 11.3 Å². The molecule has 2 aliphatic rings. The summed E-state index contributed by atoms with van der Waals surface area (Å²) < 4.78 is 0. The van der Waals surface area contributed by atoms with Gasteiger partial charge in [0.2, 0.25) is 0 Å². The van der Waals surface area contributed by atoms with Crippen molar-refractivity contribution in [3.8, 4) is 0 Å². The normalized spacial score (nSPS) is 26.9. The van der Waals surface area contributed by atoms with E-state index in [-0.39, 0.29) is 23.4 Å². The number of nitrogens with one attached hydrogen (secondary N) is 1. The summed E-state index contributed by atoms with van der Waals surface area (Å²) in [5.41, 5.74) is 1.38. The van der Waals surface area contributed by atoms with Gasteiger partial charge in [-0.15, -0.1) is 11.3 Å². The van der Waals surface area contributed by atoms with E-state index in [2.05, 4.69) is 5.32 Å². The number of carbonyl (C=O) groups is 2. The monoisotopic (exact) mass is 321 g/mol. The van der Waals surface area contributed by atoms with Gasteiger partial charge in [-0.2, -0.15) is 0 Å². The molecule has 2 heterocycles. The van der Waals surface area contributed by atoms with E-state index < -0.39 is 0 Å². The molecule has 22 heavy (non-hydrogen) atoms. The zero-order valence-corrected chi connectivity index (χ0v) is 14.2. The van der Waals surface area contributed by atoms with Gasteiger partial charge in [-0.3, -0.25) is 4.79 Å². The molecular weight excluding hydrogens is 298 g/mol. The Kier molecular flexibility index (Phi) is 3.89. The summed E-state index contributed by atoms with van der Waals surface area (Å²) in [4.78, 5) is 28.5. The number of hydrogen-bond donors (Lipinski definition) is 1. The van der Waals surface area contributed by atoms with Gasteiger partial charge in [-0.05, 0) is 48.6 Å². The van der Waals surface area contributed by atoms with Gasteiger partial charge in [0.05, 0.1) is 4.88 Å². The molecule has 2 fully saturated rings. The van der Waals surface area contributed by atoms with E-state index in [0.717, 1.165) is 42.8 Å². The number of likely N-dealkylation sites (tertiary alicyclic amines) is 1. The molecule has 0 unspecified atom stereocenters. The van der Waals surface area contributed by atoms with Crippen LogP contribution in [0.4, 0.5) is 4.79 Å². The van der Waals surface area contributed by atoms with E-state index in [1.54, 1.807) is 19.0 Å². The minimum atomic E-state index is -0.0279. The Morgan fingerprint density at radius 2 is 2.14 bits per heavy atom. The Labute approximate surface area is 135 Å². The van der Waals surface area contributed by atoms with Crippen LogP contribution >= 0.6 is 11.3 Å². The van der Waals surface area contributed by atoms with Crippen molar-refractivity contribution in [2.24, 2.45) is 5.41 Å². The Morgan fingerprint density at radius 1 is 1.41 bits per heavy atom. The maximum atomic E-state index is 12.5. The fraction of sp³-hybridized carbons (Fsp3) is 0.625. The van der Waals surface area contributed by atoms with Crippen molar-refractivity contribution in [1.82, 2.24) is 15.1 Å². The first-order chi connectivity index (χ1) is 10.4. The van der Waals surface area contributed by atoms with E-state index >= 15 is 0 Å². The Bertz CT molecular complexity index is 590. The van der Waals surface area contributed by atoms with Gasteiger partial charge in [0.1, 0.15) is 0 Å². The smallest absolute Gasteiger partial charge is 0.317 e. The first-order valence-electron chi connectivity index (χ1n) is 7.71. The van der Waals surface area contributed by atoms with Gasteiger partial charge >= 0.3 is 6.03 Å². The summed E-state index contributed by atoms with van der Waals surface area (Å²) in [5.74, 6) is 0.163. The van der Waals surface area contributed by atoms with Crippen LogP contribution in [-0.4, -0.2) is 55.0 Å². The van der Waals surface area contributed by atoms with Crippen molar-refractivity contribution >= 4 is 23.3 Å². The molecule has 120 valence electrons. The SMILES string of the molecule is Cc1csc(C(=O)N2CCC3(CC(NC(=O)N(C)C)C3)C2)c1. The van der Waals surface area contributed by atoms with Gasteiger partial charge in [0.15, 0.2) is 0 Å². The number of carbonyl (C=O) groups excluding carboxylic acids is 2. The molecule has 1 spiro atoms. The van der Waals surface area contributed by atoms with E-state index in [9.17, 15) is 9.59 Å². The van der Waals surface area contributed by atoms with Gasteiger partial charge in [-0.1, -0.05) is 0 Å². The first kappa shape index (κ1) is 15.3. The van der Waals surface area contributed by atoms with Crippen LogP contribution < -0.4 is 5.32 Å². The number of aryl methyl sites for hydroxylation is 1. The van der Waals surface area contributed by atoms with Crippen molar-refractivity contribution < 1.29 is 9.59 Å². The second-order valence-corrected chi connectivity index (χ2v) is 7.83. The summed E-state index contributed by atoms with van der Waals surface area (Å²) in [7, 11) is 3.51. The number of nitrogens with zero attached hydrogens (tertiary/aromatic N) is 2. The maximum Gasteiger partial charge on any atom is 0.317 e. The highest BCUT2D eigenvalue weighted by atomic mass is 32.1. The summed E-state index contributed by atoms with van der Waals surface area (Å²) in [6.45, 7) is 3.68. The number of urea groups is 1. The lowest BCUT2D eigenvalue weighted by molar-refractivity contribution is 0.0669. The third-order valence-corrected chi connectivity index (χ3v) is 5.80. The first-order valence-corrected chi connectivity index (χ1v) is 8.59. The molecule has 1 N–H and O–H groups in total. The number of hydrogen-bond acceptors (Lipinski definition) is 3. The molecule has 1 saturated heterocycles. The Hall–Kier alpha value is -1.56. The van der Waals surface area contributed by atoms with Crippen LogP contribution in [0.1, 0.15) is 34.5 Å². The number of rotatable bonds is 2. The average molecular weight is 321 g/mol. The Balaban J connectivity index is 1.53. The van der Waals surface area contributed by atoms with Crippen LogP contribution in [0, 0.1) is 12.3 Å². The second kappa shape index (κ2) is 5.57. The van der Waals surface area contributed by atoms with Gasteiger partial charge in [-0.25, -0.2) is 4.79 Å². The van der Waals surface area contributed by atoms with Crippen molar-refractivity contribution in [3.05, 3.63) is 21.9 Å². The van der Waals surface area contributed by atoms with Crippen LogP contribution in [0.25, 0.3) is 0 Å². The zero-order chi connectivity index (χ0) is 15.9. The van der Waals surface area contributed by atoms with Crippen LogP contribution in [0.2, 0.25) is 0 Å². The molecule has 3 rings (SSSR count). The highest BCUT2D eigenvalue weighted by Gasteiger charge is 2.50. The van der Waals surface area contributed by atoms with Crippen molar-refractivity contribution in [3.63, 3.8) is 0 Å². The quantitative estimate of drug-likeness (QED) is 0.909. The molecule has 0 aromatic carbocycles. The molecule has 3 amide bonds. The molecule has 1 aliphatic heterocycles. The molecule has 0 bridgehead atoms. The molecule has 5 nitrogen and oxygen atoms in total. The van der Waals surface area contributed by atoms with Gasteiger partial charge in [0.25, 0.3) is 5.91 Å². The third-order valence-electron chi connectivity index (χ3n) is 4.76. The molecule has 1 aliphatic carbocycles. The third kappa shape index (κ3) is 2.84. The van der Waals surface area contributed by atoms with Crippen LogP contribution in [0.15, 0.2) is 11.4 Å². The molecule has 1 aromatic heterocycles. The second-order valence-electron chi connectivity index (χ2n) is 6.91. The summed E-state index contributed by atoms with van der Waals surface area (Å²) in [6.07, 6.45) is 3.02.